The fraction of sp³-hybridized carbons (Fsp3) is 0.667. The molecule has 1 unspecified atom stereocenters. The molecule has 0 spiro atoms. The van der Waals surface area contributed by atoms with E-state index in [0.717, 1.165) is 29.3 Å². The summed E-state index contributed by atoms with van der Waals surface area (Å²) in [4.78, 5) is 5.01. The van der Waals surface area contributed by atoms with Gasteiger partial charge in [-0.2, -0.15) is 0 Å². The van der Waals surface area contributed by atoms with Crippen LogP contribution in [0.15, 0.2) is 26.3 Å². The first-order valence-corrected chi connectivity index (χ1v) is 9.69. The molecule has 0 fully saturated rings. The molecular formula is C21H35N3O3. The van der Waals surface area contributed by atoms with Crippen molar-refractivity contribution < 1.29 is 13.9 Å². The minimum absolute atomic E-state index is 0.308. The van der Waals surface area contributed by atoms with Gasteiger partial charge in [0, 0.05) is 24.5 Å². The molecule has 1 aliphatic heterocycles. The SMILES string of the molecule is CC1CC(C(C)C)=NO1.Cc1cc(C(C)C)no1.Cc1cc(C(C)C)on1. The van der Waals surface area contributed by atoms with Crippen molar-refractivity contribution in [2.75, 3.05) is 0 Å². The third kappa shape index (κ3) is 8.41. The Bertz CT molecular complexity index is 655. The zero-order valence-electron chi connectivity index (χ0n) is 18.2. The molecule has 0 aromatic carbocycles. The van der Waals surface area contributed by atoms with Gasteiger partial charge in [-0.1, -0.05) is 57.0 Å². The fourth-order valence-electron chi connectivity index (χ4n) is 2.18. The molecule has 0 bridgehead atoms. The highest BCUT2D eigenvalue weighted by atomic mass is 16.6. The van der Waals surface area contributed by atoms with Gasteiger partial charge in [-0.05, 0) is 32.6 Å². The van der Waals surface area contributed by atoms with Crippen molar-refractivity contribution in [1.82, 2.24) is 10.3 Å². The second kappa shape index (κ2) is 10.9. The zero-order valence-corrected chi connectivity index (χ0v) is 18.2. The van der Waals surface area contributed by atoms with Gasteiger partial charge in [0.05, 0.1) is 17.1 Å². The number of nitrogens with zero attached hydrogens (tertiary/aromatic N) is 3. The third-order valence-electron chi connectivity index (χ3n) is 3.97. The van der Waals surface area contributed by atoms with E-state index >= 15 is 0 Å². The maximum Gasteiger partial charge on any atom is 0.139 e. The summed E-state index contributed by atoms with van der Waals surface area (Å²) in [5.74, 6) is 3.33. The average Bonchev–Trinajstić information content (AvgIpc) is 3.30. The van der Waals surface area contributed by atoms with E-state index < -0.39 is 0 Å². The number of aryl methyl sites for hydroxylation is 2. The summed E-state index contributed by atoms with van der Waals surface area (Å²) in [6, 6.07) is 3.93. The molecule has 0 aliphatic carbocycles. The molecular weight excluding hydrogens is 342 g/mol. The zero-order chi connectivity index (χ0) is 20.6. The van der Waals surface area contributed by atoms with Gasteiger partial charge in [-0.3, -0.25) is 0 Å². The van der Waals surface area contributed by atoms with Gasteiger partial charge in [0.1, 0.15) is 17.6 Å². The molecule has 6 nitrogen and oxygen atoms in total. The summed E-state index contributed by atoms with van der Waals surface area (Å²) < 4.78 is 9.85. The summed E-state index contributed by atoms with van der Waals surface area (Å²) >= 11 is 0. The lowest BCUT2D eigenvalue weighted by Gasteiger charge is -1.99. The van der Waals surface area contributed by atoms with Crippen LogP contribution in [-0.4, -0.2) is 22.1 Å². The second-order valence-corrected chi connectivity index (χ2v) is 7.90. The van der Waals surface area contributed by atoms with E-state index in [-0.39, 0.29) is 0 Å². The minimum Gasteiger partial charge on any atom is -0.392 e. The van der Waals surface area contributed by atoms with E-state index in [2.05, 4.69) is 57.0 Å². The van der Waals surface area contributed by atoms with Gasteiger partial charge in [0.2, 0.25) is 0 Å². The van der Waals surface area contributed by atoms with Crippen LogP contribution < -0.4 is 0 Å². The van der Waals surface area contributed by atoms with Crippen molar-refractivity contribution in [2.24, 2.45) is 11.1 Å². The van der Waals surface area contributed by atoms with Crippen molar-refractivity contribution in [3.05, 3.63) is 35.0 Å². The minimum atomic E-state index is 0.308. The molecule has 0 amide bonds. The standard InChI is InChI=1S/C7H13NO.2C7H11NO/c2*1-5(2)7-4-6(3)9-8-7;1-5(2)7-4-6(3)8-9-7/h5-6H,4H2,1-3H3;2*4-5H,1-3H3. The molecule has 0 saturated heterocycles. The summed E-state index contributed by atoms with van der Waals surface area (Å²) in [6.07, 6.45) is 1.32. The Kier molecular flexibility index (Phi) is 9.26. The van der Waals surface area contributed by atoms with Gasteiger partial charge < -0.3 is 13.9 Å². The molecule has 0 N–H and O–H groups in total. The highest BCUT2D eigenvalue weighted by Gasteiger charge is 2.17. The summed E-state index contributed by atoms with van der Waals surface area (Å²) in [5.41, 5.74) is 3.19. The average molecular weight is 378 g/mol. The quantitative estimate of drug-likeness (QED) is 0.654. The number of hydrogen-bond acceptors (Lipinski definition) is 6. The molecule has 152 valence electrons. The molecule has 2 aromatic rings. The van der Waals surface area contributed by atoms with Gasteiger partial charge in [0.25, 0.3) is 0 Å². The van der Waals surface area contributed by atoms with Gasteiger partial charge in [-0.25, -0.2) is 0 Å². The largest absolute Gasteiger partial charge is 0.392 e. The Balaban J connectivity index is 0.000000202. The van der Waals surface area contributed by atoms with Crippen LogP contribution in [0, 0.1) is 19.8 Å². The molecule has 1 atom stereocenters. The van der Waals surface area contributed by atoms with Crippen LogP contribution >= 0.6 is 0 Å². The number of aromatic nitrogens is 2. The maximum absolute atomic E-state index is 5.01. The van der Waals surface area contributed by atoms with Crippen LogP contribution in [0.5, 0.6) is 0 Å². The molecule has 0 saturated carbocycles. The van der Waals surface area contributed by atoms with Crippen LogP contribution in [0.1, 0.15) is 89.6 Å². The third-order valence-corrected chi connectivity index (χ3v) is 3.97. The van der Waals surface area contributed by atoms with E-state index in [0.29, 0.717) is 23.9 Å². The summed E-state index contributed by atoms with van der Waals surface area (Å²) in [7, 11) is 0. The van der Waals surface area contributed by atoms with Crippen LogP contribution in [0.4, 0.5) is 0 Å². The molecule has 3 rings (SSSR count). The summed E-state index contributed by atoms with van der Waals surface area (Å²) in [6.45, 7) is 18.5. The summed E-state index contributed by atoms with van der Waals surface area (Å²) in [5, 5.41) is 11.5. The van der Waals surface area contributed by atoms with Crippen LogP contribution in [-0.2, 0) is 4.84 Å². The van der Waals surface area contributed by atoms with Crippen LogP contribution in [0.3, 0.4) is 0 Å². The van der Waals surface area contributed by atoms with E-state index in [9.17, 15) is 0 Å². The maximum atomic E-state index is 5.01. The van der Waals surface area contributed by atoms with Crippen molar-refractivity contribution in [1.29, 1.82) is 0 Å². The second-order valence-electron chi connectivity index (χ2n) is 7.90. The Morgan fingerprint density at radius 1 is 0.889 bits per heavy atom. The highest BCUT2D eigenvalue weighted by molar-refractivity contribution is 5.87. The lowest BCUT2D eigenvalue weighted by atomic mass is 10.0. The Labute approximate surface area is 163 Å². The van der Waals surface area contributed by atoms with Crippen LogP contribution in [0.25, 0.3) is 0 Å². The molecule has 1 aliphatic rings. The number of rotatable bonds is 3. The van der Waals surface area contributed by atoms with E-state index in [4.69, 9.17) is 13.9 Å². The van der Waals surface area contributed by atoms with Crippen molar-refractivity contribution in [2.45, 2.75) is 86.7 Å². The van der Waals surface area contributed by atoms with Crippen LogP contribution in [0.2, 0.25) is 0 Å². The van der Waals surface area contributed by atoms with Gasteiger partial charge in [0.15, 0.2) is 0 Å². The lowest BCUT2D eigenvalue weighted by Crippen LogP contribution is -2.07. The molecule has 27 heavy (non-hydrogen) atoms. The highest BCUT2D eigenvalue weighted by Crippen LogP contribution is 2.15. The first kappa shape index (κ1) is 22.9. The number of oxime groups is 1. The predicted molar refractivity (Wildman–Crippen MR) is 108 cm³/mol. The first-order valence-electron chi connectivity index (χ1n) is 9.69. The molecule has 0 radical (unpaired) electrons. The monoisotopic (exact) mass is 377 g/mol. The van der Waals surface area contributed by atoms with Crippen molar-refractivity contribution >= 4 is 5.71 Å². The smallest absolute Gasteiger partial charge is 0.139 e. The first-order chi connectivity index (χ1) is 12.6. The lowest BCUT2D eigenvalue weighted by molar-refractivity contribution is 0.0994. The van der Waals surface area contributed by atoms with Gasteiger partial charge in [-0.15, -0.1) is 0 Å². The molecule has 3 heterocycles. The Hall–Kier alpha value is -2.11. The molecule has 6 heteroatoms. The Morgan fingerprint density at radius 2 is 1.56 bits per heavy atom. The number of hydrogen-bond donors (Lipinski definition) is 0. The van der Waals surface area contributed by atoms with E-state index in [1.54, 1.807) is 0 Å². The van der Waals surface area contributed by atoms with E-state index in [1.165, 1.54) is 5.71 Å². The van der Waals surface area contributed by atoms with Gasteiger partial charge >= 0.3 is 0 Å². The van der Waals surface area contributed by atoms with E-state index in [1.807, 2.05) is 32.9 Å². The predicted octanol–water partition coefficient (Wildman–Crippen LogP) is 6.02. The van der Waals surface area contributed by atoms with Crippen molar-refractivity contribution in [3.8, 4) is 0 Å². The topological polar surface area (TPSA) is 73.7 Å². The van der Waals surface area contributed by atoms with Crippen molar-refractivity contribution in [3.63, 3.8) is 0 Å². The fourth-order valence-corrected chi connectivity index (χ4v) is 2.18. The normalized spacial score (nSPS) is 15.9. The Morgan fingerprint density at radius 3 is 1.78 bits per heavy atom. The molecule has 2 aromatic heterocycles.